The zero-order valence-corrected chi connectivity index (χ0v) is 9.07. The quantitative estimate of drug-likeness (QED) is 0.804. The van der Waals surface area contributed by atoms with Crippen molar-refractivity contribution in [2.75, 3.05) is 5.32 Å². The summed E-state index contributed by atoms with van der Waals surface area (Å²) >= 11 is 0. The monoisotopic (exact) mass is 218 g/mol. The number of primary amides is 1. The highest BCUT2D eigenvalue weighted by Crippen LogP contribution is 2.38. The molecule has 4 nitrogen and oxygen atoms in total. The van der Waals surface area contributed by atoms with Gasteiger partial charge in [-0.1, -0.05) is 6.92 Å². The van der Waals surface area contributed by atoms with Crippen LogP contribution in [0, 0.1) is 11.8 Å². The van der Waals surface area contributed by atoms with Gasteiger partial charge in [0.25, 0.3) is 0 Å². The molecule has 0 spiro atoms. The van der Waals surface area contributed by atoms with E-state index in [2.05, 4.69) is 12.2 Å². The fourth-order valence-corrected chi connectivity index (χ4v) is 1.64. The van der Waals surface area contributed by atoms with Crippen LogP contribution in [0.3, 0.4) is 0 Å². The lowest BCUT2D eigenvalue weighted by molar-refractivity contribution is -0.117. The predicted molar refractivity (Wildman–Crippen MR) is 60.9 cm³/mol. The van der Waals surface area contributed by atoms with E-state index in [1.54, 1.807) is 24.3 Å². The third-order valence-corrected chi connectivity index (χ3v) is 2.88. The summed E-state index contributed by atoms with van der Waals surface area (Å²) in [6.07, 6.45) is 0.963. The zero-order chi connectivity index (χ0) is 11.7. The van der Waals surface area contributed by atoms with E-state index < -0.39 is 5.91 Å². The summed E-state index contributed by atoms with van der Waals surface area (Å²) in [6, 6.07) is 6.58. The maximum atomic E-state index is 11.6. The Morgan fingerprint density at radius 3 is 2.31 bits per heavy atom. The first-order chi connectivity index (χ1) is 7.58. The third kappa shape index (κ3) is 2.21. The van der Waals surface area contributed by atoms with Crippen LogP contribution in [-0.2, 0) is 4.79 Å². The van der Waals surface area contributed by atoms with Crippen LogP contribution < -0.4 is 11.1 Å². The molecule has 84 valence electrons. The summed E-state index contributed by atoms with van der Waals surface area (Å²) in [6.45, 7) is 2.06. The second kappa shape index (κ2) is 3.96. The number of benzene rings is 1. The molecule has 2 amide bonds. The molecule has 2 rings (SSSR count). The predicted octanol–water partition coefficient (Wildman–Crippen LogP) is 1.38. The van der Waals surface area contributed by atoms with Crippen molar-refractivity contribution >= 4 is 17.5 Å². The van der Waals surface area contributed by atoms with E-state index >= 15 is 0 Å². The van der Waals surface area contributed by atoms with Crippen molar-refractivity contribution < 1.29 is 9.59 Å². The van der Waals surface area contributed by atoms with Gasteiger partial charge in [-0.25, -0.2) is 0 Å². The molecule has 1 saturated carbocycles. The Bertz CT molecular complexity index is 425. The SMILES string of the molecule is C[C@H]1C[C@@H]1C(=O)Nc1ccc(C(N)=O)cc1. The Balaban J connectivity index is 2.00. The molecule has 0 bridgehead atoms. The first kappa shape index (κ1) is 10.7. The maximum absolute atomic E-state index is 11.6. The minimum absolute atomic E-state index is 0.0549. The van der Waals surface area contributed by atoms with Crippen LogP contribution in [0.2, 0.25) is 0 Å². The van der Waals surface area contributed by atoms with Gasteiger partial charge in [-0.3, -0.25) is 9.59 Å². The van der Waals surface area contributed by atoms with Crippen molar-refractivity contribution in [3.8, 4) is 0 Å². The Labute approximate surface area is 93.8 Å². The van der Waals surface area contributed by atoms with Crippen molar-refractivity contribution in [2.45, 2.75) is 13.3 Å². The minimum Gasteiger partial charge on any atom is -0.366 e. The third-order valence-electron chi connectivity index (χ3n) is 2.88. The van der Waals surface area contributed by atoms with Gasteiger partial charge in [0.05, 0.1) is 0 Å². The molecule has 1 aromatic rings. The summed E-state index contributed by atoms with van der Waals surface area (Å²) in [5.74, 6) is 0.230. The van der Waals surface area contributed by atoms with Gasteiger partial charge in [0.1, 0.15) is 0 Å². The molecule has 0 heterocycles. The summed E-state index contributed by atoms with van der Waals surface area (Å²) in [5, 5.41) is 2.81. The van der Waals surface area contributed by atoms with E-state index in [0.29, 0.717) is 17.2 Å². The van der Waals surface area contributed by atoms with Crippen molar-refractivity contribution in [3.63, 3.8) is 0 Å². The molecule has 4 heteroatoms. The first-order valence-corrected chi connectivity index (χ1v) is 5.28. The number of hydrogen-bond acceptors (Lipinski definition) is 2. The second-order valence-corrected chi connectivity index (χ2v) is 4.25. The Hall–Kier alpha value is -1.84. The maximum Gasteiger partial charge on any atom is 0.248 e. The van der Waals surface area contributed by atoms with E-state index in [1.165, 1.54) is 0 Å². The van der Waals surface area contributed by atoms with Gasteiger partial charge in [-0.05, 0) is 36.6 Å². The molecule has 1 aliphatic rings. The number of nitrogens with two attached hydrogens (primary N) is 1. The van der Waals surface area contributed by atoms with Crippen molar-refractivity contribution in [2.24, 2.45) is 17.6 Å². The van der Waals surface area contributed by atoms with E-state index in [9.17, 15) is 9.59 Å². The van der Waals surface area contributed by atoms with Gasteiger partial charge in [0.15, 0.2) is 0 Å². The number of nitrogens with one attached hydrogen (secondary N) is 1. The molecule has 1 aliphatic carbocycles. The Kier molecular flexibility index (Phi) is 2.64. The molecular weight excluding hydrogens is 204 g/mol. The Morgan fingerprint density at radius 1 is 1.31 bits per heavy atom. The van der Waals surface area contributed by atoms with Crippen LogP contribution >= 0.6 is 0 Å². The fraction of sp³-hybridized carbons (Fsp3) is 0.333. The highest BCUT2D eigenvalue weighted by molar-refractivity contribution is 5.96. The molecule has 0 radical (unpaired) electrons. The lowest BCUT2D eigenvalue weighted by atomic mass is 10.2. The van der Waals surface area contributed by atoms with E-state index in [-0.39, 0.29) is 11.8 Å². The van der Waals surface area contributed by atoms with Gasteiger partial charge in [-0.2, -0.15) is 0 Å². The van der Waals surface area contributed by atoms with Crippen LogP contribution in [0.15, 0.2) is 24.3 Å². The molecule has 3 N–H and O–H groups in total. The summed E-state index contributed by atoms with van der Waals surface area (Å²) in [5.41, 5.74) is 6.26. The van der Waals surface area contributed by atoms with E-state index in [4.69, 9.17) is 5.73 Å². The van der Waals surface area contributed by atoms with Crippen LogP contribution in [-0.4, -0.2) is 11.8 Å². The number of anilines is 1. The summed E-state index contributed by atoms with van der Waals surface area (Å²) in [7, 11) is 0. The van der Waals surface area contributed by atoms with Crippen LogP contribution in [0.5, 0.6) is 0 Å². The number of rotatable bonds is 3. The molecule has 0 aliphatic heterocycles. The van der Waals surface area contributed by atoms with Crippen molar-refractivity contribution in [3.05, 3.63) is 29.8 Å². The molecule has 2 atom stereocenters. The topological polar surface area (TPSA) is 72.2 Å². The normalized spacial score (nSPS) is 22.6. The van der Waals surface area contributed by atoms with Crippen molar-refractivity contribution in [1.82, 2.24) is 0 Å². The average Bonchev–Trinajstić information content (AvgIpc) is 2.96. The summed E-state index contributed by atoms with van der Waals surface area (Å²) < 4.78 is 0. The lowest BCUT2D eigenvalue weighted by Crippen LogP contribution is -2.15. The smallest absolute Gasteiger partial charge is 0.248 e. The number of carbonyl (C=O) groups is 2. The van der Waals surface area contributed by atoms with Crippen LogP contribution in [0.25, 0.3) is 0 Å². The van der Waals surface area contributed by atoms with Gasteiger partial charge >= 0.3 is 0 Å². The van der Waals surface area contributed by atoms with Crippen molar-refractivity contribution in [1.29, 1.82) is 0 Å². The fourth-order valence-electron chi connectivity index (χ4n) is 1.64. The standard InChI is InChI=1S/C12H14N2O2/c1-7-6-10(7)12(16)14-9-4-2-8(3-5-9)11(13)15/h2-5,7,10H,6H2,1H3,(H2,13,15)(H,14,16)/t7-,10-/m0/s1. The van der Waals surface area contributed by atoms with E-state index in [0.717, 1.165) is 6.42 Å². The average molecular weight is 218 g/mol. The zero-order valence-electron chi connectivity index (χ0n) is 9.07. The Morgan fingerprint density at radius 2 is 1.88 bits per heavy atom. The molecule has 1 aromatic carbocycles. The second-order valence-electron chi connectivity index (χ2n) is 4.25. The van der Waals surface area contributed by atoms with Crippen LogP contribution in [0.1, 0.15) is 23.7 Å². The van der Waals surface area contributed by atoms with Gasteiger partial charge in [0, 0.05) is 17.2 Å². The largest absolute Gasteiger partial charge is 0.366 e. The first-order valence-electron chi connectivity index (χ1n) is 5.28. The number of amides is 2. The highest BCUT2D eigenvalue weighted by atomic mass is 16.2. The molecule has 16 heavy (non-hydrogen) atoms. The molecule has 0 unspecified atom stereocenters. The van der Waals surface area contributed by atoms with Gasteiger partial charge in [0.2, 0.25) is 11.8 Å². The van der Waals surface area contributed by atoms with Gasteiger partial charge in [-0.15, -0.1) is 0 Å². The molecule has 1 fully saturated rings. The molecule has 0 aromatic heterocycles. The minimum atomic E-state index is -0.464. The van der Waals surface area contributed by atoms with Gasteiger partial charge < -0.3 is 11.1 Å². The molecular formula is C12H14N2O2. The van der Waals surface area contributed by atoms with E-state index in [1.807, 2.05) is 0 Å². The number of carbonyl (C=O) groups excluding carboxylic acids is 2. The lowest BCUT2D eigenvalue weighted by Gasteiger charge is -2.04. The summed E-state index contributed by atoms with van der Waals surface area (Å²) in [4.78, 5) is 22.4. The highest BCUT2D eigenvalue weighted by Gasteiger charge is 2.38. The van der Waals surface area contributed by atoms with Crippen LogP contribution in [0.4, 0.5) is 5.69 Å². The molecule has 0 saturated heterocycles. The number of hydrogen-bond donors (Lipinski definition) is 2.